The van der Waals surface area contributed by atoms with E-state index < -0.39 is 0 Å². The van der Waals surface area contributed by atoms with Crippen LogP contribution in [-0.2, 0) is 6.54 Å². The number of aryl methyl sites for hydroxylation is 3. The van der Waals surface area contributed by atoms with Crippen molar-refractivity contribution in [1.82, 2.24) is 10.2 Å². The summed E-state index contributed by atoms with van der Waals surface area (Å²) in [6.07, 6.45) is 0. The summed E-state index contributed by atoms with van der Waals surface area (Å²) in [6.45, 7) is 6.86. The van der Waals surface area contributed by atoms with Gasteiger partial charge in [0.15, 0.2) is 11.5 Å². The van der Waals surface area contributed by atoms with Gasteiger partial charge in [0.25, 0.3) is 0 Å². The van der Waals surface area contributed by atoms with Crippen LogP contribution < -0.4 is 4.90 Å². The number of anilines is 1. The molecule has 0 spiro atoms. The molecule has 0 aliphatic rings. The summed E-state index contributed by atoms with van der Waals surface area (Å²) in [5.74, 6) is 0.800. The number of nitrogens with zero attached hydrogens (tertiary/aromatic N) is 4. The minimum absolute atomic E-state index is 0.761. The third-order valence-corrected chi connectivity index (χ3v) is 4.07. The average Bonchev–Trinajstić information content (AvgIpc) is 2.96. The lowest BCUT2D eigenvalue weighted by Gasteiger charge is -2.17. The molecule has 2 aromatic carbocycles. The van der Waals surface area contributed by atoms with Gasteiger partial charge >= 0.3 is 0 Å². The zero-order valence-electron chi connectivity index (χ0n) is 15.1. The molecule has 1 heterocycles. The van der Waals surface area contributed by atoms with Gasteiger partial charge in [-0.1, -0.05) is 42.0 Å². The Morgan fingerprint density at radius 1 is 0.960 bits per heavy atom. The maximum atomic E-state index is 4.44. The number of rotatable bonds is 5. The maximum Gasteiger partial charge on any atom is 0.178 e. The lowest BCUT2D eigenvalue weighted by atomic mass is 10.1. The van der Waals surface area contributed by atoms with Gasteiger partial charge in [-0.2, -0.15) is 10.2 Å². The van der Waals surface area contributed by atoms with E-state index in [9.17, 15) is 0 Å². The van der Waals surface area contributed by atoms with Crippen LogP contribution in [0.4, 0.5) is 17.2 Å². The van der Waals surface area contributed by atoms with Crippen LogP contribution in [-0.4, -0.2) is 17.2 Å². The Morgan fingerprint density at radius 3 is 2.44 bits per heavy atom. The van der Waals surface area contributed by atoms with Crippen molar-refractivity contribution < 1.29 is 0 Å². The van der Waals surface area contributed by atoms with E-state index in [0.29, 0.717) is 0 Å². The Bertz CT molecular complexity index is 877. The normalized spacial score (nSPS) is 11.2. The lowest BCUT2D eigenvalue weighted by molar-refractivity contribution is 0.884. The van der Waals surface area contributed by atoms with E-state index in [-0.39, 0.29) is 0 Å². The Labute approximate surface area is 148 Å². The molecule has 0 aliphatic carbocycles. The predicted molar refractivity (Wildman–Crippen MR) is 102 cm³/mol. The van der Waals surface area contributed by atoms with Crippen molar-refractivity contribution in [2.75, 3.05) is 11.9 Å². The highest BCUT2D eigenvalue weighted by atomic mass is 15.3. The van der Waals surface area contributed by atoms with Crippen LogP contribution in [0.3, 0.4) is 0 Å². The molecule has 0 aliphatic heterocycles. The van der Waals surface area contributed by atoms with Crippen LogP contribution in [0.15, 0.2) is 58.8 Å². The molecule has 0 bridgehead atoms. The summed E-state index contributed by atoms with van der Waals surface area (Å²) in [5, 5.41) is 16.2. The fraction of sp³-hybridized carbons (Fsp3) is 0.250. The molecule has 0 fully saturated rings. The summed E-state index contributed by atoms with van der Waals surface area (Å²) < 4.78 is 0. The number of nitrogens with one attached hydrogen (secondary N) is 1. The summed E-state index contributed by atoms with van der Waals surface area (Å²) >= 11 is 0. The average molecular weight is 333 g/mol. The number of hydrogen-bond donors (Lipinski definition) is 1. The van der Waals surface area contributed by atoms with Crippen LogP contribution in [0.25, 0.3) is 0 Å². The van der Waals surface area contributed by atoms with Crippen molar-refractivity contribution in [3.8, 4) is 0 Å². The molecule has 3 aromatic rings. The van der Waals surface area contributed by atoms with Crippen LogP contribution in [0, 0.1) is 20.8 Å². The van der Waals surface area contributed by atoms with Gasteiger partial charge in [-0.25, -0.2) is 0 Å². The van der Waals surface area contributed by atoms with E-state index in [1.807, 2.05) is 45.2 Å². The van der Waals surface area contributed by atoms with Gasteiger partial charge in [0.2, 0.25) is 0 Å². The number of azo groups is 1. The first-order valence-corrected chi connectivity index (χ1v) is 8.33. The van der Waals surface area contributed by atoms with E-state index in [2.05, 4.69) is 56.5 Å². The largest absolute Gasteiger partial charge is 0.352 e. The van der Waals surface area contributed by atoms with Crippen molar-refractivity contribution in [2.24, 2.45) is 10.2 Å². The molecule has 0 atom stereocenters. The zero-order valence-corrected chi connectivity index (χ0v) is 15.1. The molecule has 0 unspecified atom stereocenters. The molecule has 128 valence electrons. The molecule has 1 N–H and O–H groups in total. The van der Waals surface area contributed by atoms with Crippen LogP contribution in [0.5, 0.6) is 0 Å². The number of hydrogen-bond acceptors (Lipinski definition) is 4. The van der Waals surface area contributed by atoms with Gasteiger partial charge in [0.05, 0.1) is 11.4 Å². The van der Waals surface area contributed by atoms with E-state index in [1.54, 1.807) is 0 Å². The number of H-pyrrole nitrogens is 1. The molecule has 0 saturated carbocycles. The van der Waals surface area contributed by atoms with Crippen molar-refractivity contribution in [3.05, 3.63) is 70.9 Å². The van der Waals surface area contributed by atoms with Gasteiger partial charge in [-0.15, -0.1) is 5.11 Å². The van der Waals surface area contributed by atoms with Crippen LogP contribution in [0.2, 0.25) is 0 Å². The topological polar surface area (TPSA) is 56.6 Å². The highest BCUT2D eigenvalue weighted by Crippen LogP contribution is 2.31. The quantitative estimate of drug-likeness (QED) is 0.637. The van der Waals surface area contributed by atoms with Gasteiger partial charge in [0.1, 0.15) is 0 Å². The maximum absolute atomic E-state index is 4.44. The molecule has 25 heavy (non-hydrogen) atoms. The predicted octanol–water partition coefficient (Wildman–Crippen LogP) is 5.39. The van der Waals surface area contributed by atoms with Crippen LogP contribution in [0.1, 0.15) is 22.4 Å². The Balaban J connectivity index is 1.82. The second kappa shape index (κ2) is 7.30. The number of aromatic amines is 1. The highest BCUT2D eigenvalue weighted by molar-refractivity contribution is 5.64. The number of benzene rings is 2. The monoisotopic (exact) mass is 333 g/mol. The van der Waals surface area contributed by atoms with Gasteiger partial charge < -0.3 is 4.90 Å². The van der Waals surface area contributed by atoms with Gasteiger partial charge in [-0.3, -0.25) is 5.10 Å². The molecule has 0 radical (unpaired) electrons. The van der Waals surface area contributed by atoms with Crippen molar-refractivity contribution in [1.29, 1.82) is 0 Å². The summed E-state index contributed by atoms with van der Waals surface area (Å²) in [6, 6.07) is 16.5. The second-order valence-corrected chi connectivity index (χ2v) is 6.40. The molecule has 0 amide bonds. The minimum Gasteiger partial charge on any atom is -0.352 e. The molecule has 0 saturated heterocycles. The van der Waals surface area contributed by atoms with Crippen molar-refractivity contribution in [2.45, 2.75) is 27.3 Å². The SMILES string of the molecule is Cc1ccc(CN(C)c2n[nH]c(C)c2N=Nc2cccc(C)c2)cc1. The third-order valence-electron chi connectivity index (χ3n) is 4.07. The van der Waals surface area contributed by atoms with Gasteiger partial charge in [-0.05, 0) is 44.0 Å². The molecular weight excluding hydrogens is 310 g/mol. The Hall–Kier alpha value is -2.95. The molecule has 5 heteroatoms. The van der Waals surface area contributed by atoms with E-state index in [1.165, 1.54) is 11.1 Å². The standard InChI is InChI=1S/C20H23N5/c1-14-8-10-17(11-9-14)13-25(4)20-19(16(3)21-24-20)23-22-18-7-5-6-15(2)12-18/h5-12H,13H2,1-4H3,(H,21,24). The first kappa shape index (κ1) is 16.9. The second-order valence-electron chi connectivity index (χ2n) is 6.40. The Kier molecular flexibility index (Phi) is 4.93. The van der Waals surface area contributed by atoms with Crippen molar-refractivity contribution >= 4 is 17.2 Å². The van der Waals surface area contributed by atoms with Crippen molar-refractivity contribution in [3.63, 3.8) is 0 Å². The first-order valence-electron chi connectivity index (χ1n) is 8.33. The third kappa shape index (κ3) is 4.12. The first-order chi connectivity index (χ1) is 12.0. The molecular formula is C20H23N5. The fourth-order valence-electron chi connectivity index (χ4n) is 2.64. The summed E-state index contributed by atoms with van der Waals surface area (Å²) in [4.78, 5) is 2.08. The Morgan fingerprint density at radius 2 is 1.72 bits per heavy atom. The van der Waals surface area contributed by atoms with Crippen LogP contribution >= 0.6 is 0 Å². The lowest BCUT2D eigenvalue weighted by Crippen LogP contribution is -2.16. The smallest absolute Gasteiger partial charge is 0.178 e. The highest BCUT2D eigenvalue weighted by Gasteiger charge is 2.14. The fourth-order valence-corrected chi connectivity index (χ4v) is 2.64. The summed E-state index contributed by atoms with van der Waals surface area (Å²) in [5.41, 5.74) is 6.17. The van der Waals surface area contributed by atoms with E-state index >= 15 is 0 Å². The van der Waals surface area contributed by atoms with Gasteiger partial charge in [0, 0.05) is 13.6 Å². The van der Waals surface area contributed by atoms with E-state index in [0.717, 1.165) is 35.0 Å². The molecule has 5 nitrogen and oxygen atoms in total. The van der Waals surface area contributed by atoms with E-state index in [4.69, 9.17) is 0 Å². The zero-order chi connectivity index (χ0) is 17.8. The molecule has 3 rings (SSSR count). The minimum atomic E-state index is 0.761. The summed E-state index contributed by atoms with van der Waals surface area (Å²) in [7, 11) is 2.02. The molecule has 1 aromatic heterocycles. The number of aromatic nitrogens is 2.